The lowest BCUT2D eigenvalue weighted by Gasteiger charge is -2.57. The number of rotatable bonds is 5. The summed E-state index contributed by atoms with van der Waals surface area (Å²) in [5.74, 6) is 4.27. The number of thiocarbonyl (C=S) groups is 1. The first kappa shape index (κ1) is 17.0. The molecule has 4 saturated carbocycles. The summed E-state index contributed by atoms with van der Waals surface area (Å²) in [6, 6.07) is 5.98. The maximum atomic E-state index is 5.62. The van der Waals surface area contributed by atoms with Gasteiger partial charge >= 0.3 is 0 Å². The van der Waals surface area contributed by atoms with Gasteiger partial charge in [0, 0.05) is 12.1 Å². The van der Waals surface area contributed by atoms with Gasteiger partial charge in [0.2, 0.25) is 0 Å². The van der Waals surface area contributed by atoms with Crippen LogP contribution in [0.15, 0.2) is 18.2 Å². The highest BCUT2D eigenvalue weighted by Crippen LogP contribution is 2.55. The van der Waals surface area contributed by atoms with E-state index in [2.05, 4.69) is 10.6 Å². The van der Waals surface area contributed by atoms with Crippen LogP contribution < -0.4 is 20.1 Å². The maximum absolute atomic E-state index is 5.62. The van der Waals surface area contributed by atoms with Gasteiger partial charge in [-0.3, -0.25) is 0 Å². The first-order chi connectivity index (χ1) is 12.1. The standard InChI is InChI=1S/C20H28N2O2S/c1-23-17-4-3-13(8-18(17)24-2)12-21-19(25)22-20-9-14-5-15(10-20)7-16(6-14)11-20/h3-4,8,14-16H,5-7,9-12H2,1-2H3,(H2,21,22,25). The summed E-state index contributed by atoms with van der Waals surface area (Å²) in [5, 5.41) is 7.89. The highest BCUT2D eigenvalue weighted by Gasteiger charge is 2.51. The predicted molar refractivity (Wildman–Crippen MR) is 103 cm³/mol. The molecule has 4 bridgehead atoms. The molecule has 2 N–H and O–H groups in total. The van der Waals surface area contributed by atoms with E-state index in [0.717, 1.165) is 39.9 Å². The zero-order chi connectivity index (χ0) is 17.4. The van der Waals surface area contributed by atoms with Crippen molar-refractivity contribution in [3.05, 3.63) is 23.8 Å². The number of benzene rings is 1. The fraction of sp³-hybridized carbons (Fsp3) is 0.650. The Morgan fingerprint density at radius 3 is 2.20 bits per heavy atom. The minimum Gasteiger partial charge on any atom is -0.493 e. The van der Waals surface area contributed by atoms with Crippen LogP contribution in [0, 0.1) is 17.8 Å². The molecule has 5 heteroatoms. The quantitative estimate of drug-likeness (QED) is 0.785. The van der Waals surface area contributed by atoms with Crippen molar-refractivity contribution in [2.45, 2.75) is 50.6 Å². The van der Waals surface area contributed by atoms with Crippen LogP contribution in [-0.4, -0.2) is 24.9 Å². The molecule has 0 radical (unpaired) electrons. The van der Waals surface area contributed by atoms with E-state index < -0.39 is 0 Å². The van der Waals surface area contributed by atoms with Crippen molar-refractivity contribution in [3.8, 4) is 11.5 Å². The zero-order valence-corrected chi connectivity index (χ0v) is 16.0. The van der Waals surface area contributed by atoms with E-state index in [9.17, 15) is 0 Å². The fourth-order valence-electron chi connectivity index (χ4n) is 5.72. The summed E-state index contributed by atoms with van der Waals surface area (Å²) < 4.78 is 10.7. The van der Waals surface area contributed by atoms with E-state index in [-0.39, 0.29) is 5.54 Å². The zero-order valence-electron chi connectivity index (χ0n) is 15.1. The topological polar surface area (TPSA) is 42.5 Å². The first-order valence-electron chi connectivity index (χ1n) is 9.36. The highest BCUT2D eigenvalue weighted by molar-refractivity contribution is 7.80. The Morgan fingerprint density at radius 1 is 1.04 bits per heavy atom. The Kier molecular flexibility index (Phi) is 4.52. The molecule has 1 aromatic carbocycles. The minimum absolute atomic E-state index is 0.260. The Hall–Kier alpha value is -1.49. The summed E-state index contributed by atoms with van der Waals surface area (Å²) in [7, 11) is 3.31. The number of methoxy groups -OCH3 is 2. The molecular weight excluding hydrogens is 332 g/mol. The Morgan fingerprint density at radius 2 is 1.64 bits per heavy atom. The van der Waals surface area contributed by atoms with Gasteiger partial charge in [-0.25, -0.2) is 0 Å². The molecule has 1 aromatic rings. The molecule has 0 saturated heterocycles. The summed E-state index contributed by atoms with van der Waals surface area (Å²) in [5.41, 5.74) is 1.39. The molecule has 25 heavy (non-hydrogen) atoms. The van der Waals surface area contributed by atoms with Crippen molar-refractivity contribution in [2.24, 2.45) is 17.8 Å². The molecule has 0 atom stereocenters. The molecule has 0 aliphatic heterocycles. The van der Waals surface area contributed by atoms with E-state index in [0.29, 0.717) is 6.54 Å². The highest BCUT2D eigenvalue weighted by atomic mass is 32.1. The average Bonchev–Trinajstić information content (AvgIpc) is 2.58. The molecule has 5 rings (SSSR count). The molecule has 4 nitrogen and oxygen atoms in total. The van der Waals surface area contributed by atoms with Crippen LogP contribution in [0.3, 0.4) is 0 Å². The Bertz CT molecular complexity index is 626. The minimum atomic E-state index is 0.260. The van der Waals surface area contributed by atoms with Crippen molar-refractivity contribution in [2.75, 3.05) is 14.2 Å². The predicted octanol–water partition coefficient (Wildman–Crippen LogP) is 3.64. The molecule has 4 aliphatic rings. The maximum Gasteiger partial charge on any atom is 0.166 e. The summed E-state index contributed by atoms with van der Waals surface area (Å²) in [6.45, 7) is 0.693. The van der Waals surface area contributed by atoms with Gasteiger partial charge in [0.25, 0.3) is 0 Å². The third-order valence-electron chi connectivity index (χ3n) is 6.32. The van der Waals surface area contributed by atoms with Crippen molar-refractivity contribution >= 4 is 17.3 Å². The Labute approximate surface area is 155 Å². The lowest BCUT2D eigenvalue weighted by atomic mass is 9.53. The Balaban J connectivity index is 1.35. The fourth-order valence-corrected chi connectivity index (χ4v) is 6.01. The van der Waals surface area contributed by atoms with Gasteiger partial charge in [0.1, 0.15) is 0 Å². The summed E-state index contributed by atoms with van der Waals surface area (Å²) in [6.07, 6.45) is 8.26. The van der Waals surface area contributed by atoms with E-state index in [1.54, 1.807) is 14.2 Å². The van der Waals surface area contributed by atoms with Crippen molar-refractivity contribution in [3.63, 3.8) is 0 Å². The third-order valence-corrected chi connectivity index (χ3v) is 6.56. The smallest absolute Gasteiger partial charge is 0.166 e. The van der Waals surface area contributed by atoms with Crippen LogP contribution in [-0.2, 0) is 6.54 Å². The van der Waals surface area contributed by atoms with Crippen LogP contribution in [0.4, 0.5) is 0 Å². The van der Waals surface area contributed by atoms with Gasteiger partial charge in [-0.05, 0) is 86.2 Å². The molecular formula is C20H28N2O2S. The number of hydrogen-bond acceptors (Lipinski definition) is 3. The number of hydrogen-bond donors (Lipinski definition) is 2. The second-order valence-electron chi connectivity index (χ2n) is 8.19. The van der Waals surface area contributed by atoms with Gasteiger partial charge in [-0.15, -0.1) is 0 Å². The molecule has 0 heterocycles. The monoisotopic (exact) mass is 360 g/mol. The lowest BCUT2D eigenvalue weighted by molar-refractivity contribution is -0.0101. The van der Waals surface area contributed by atoms with Gasteiger partial charge in [0.15, 0.2) is 16.6 Å². The van der Waals surface area contributed by atoms with Gasteiger partial charge in [-0.1, -0.05) is 6.07 Å². The molecule has 0 spiro atoms. The van der Waals surface area contributed by atoms with Crippen molar-refractivity contribution < 1.29 is 9.47 Å². The van der Waals surface area contributed by atoms with E-state index >= 15 is 0 Å². The van der Waals surface area contributed by atoms with Crippen LogP contribution in [0.25, 0.3) is 0 Å². The summed E-state index contributed by atoms with van der Waals surface area (Å²) in [4.78, 5) is 0. The van der Waals surface area contributed by atoms with Crippen LogP contribution >= 0.6 is 12.2 Å². The largest absolute Gasteiger partial charge is 0.493 e. The van der Waals surface area contributed by atoms with Crippen LogP contribution in [0.2, 0.25) is 0 Å². The van der Waals surface area contributed by atoms with Crippen LogP contribution in [0.1, 0.15) is 44.1 Å². The number of ether oxygens (including phenoxy) is 2. The van der Waals surface area contributed by atoms with E-state index in [1.165, 1.54) is 38.5 Å². The first-order valence-corrected chi connectivity index (χ1v) is 9.77. The second kappa shape index (κ2) is 6.67. The molecule has 4 fully saturated rings. The van der Waals surface area contributed by atoms with Gasteiger partial charge in [0.05, 0.1) is 14.2 Å². The average molecular weight is 361 g/mol. The molecule has 0 unspecified atom stereocenters. The molecule has 0 aromatic heterocycles. The molecule has 4 aliphatic carbocycles. The SMILES string of the molecule is COc1ccc(CNC(=S)NC23CC4CC(CC(C4)C2)C3)cc1OC. The van der Waals surface area contributed by atoms with Crippen molar-refractivity contribution in [1.82, 2.24) is 10.6 Å². The third kappa shape index (κ3) is 3.43. The molecule has 136 valence electrons. The second-order valence-corrected chi connectivity index (χ2v) is 8.60. The van der Waals surface area contributed by atoms with Crippen molar-refractivity contribution in [1.29, 1.82) is 0 Å². The van der Waals surface area contributed by atoms with E-state index in [4.69, 9.17) is 21.7 Å². The van der Waals surface area contributed by atoms with E-state index in [1.807, 2.05) is 18.2 Å². The van der Waals surface area contributed by atoms with Gasteiger partial charge < -0.3 is 20.1 Å². The van der Waals surface area contributed by atoms with Crippen LogP contribution in [0.5, 0.6) is 11.5 Å². The number of nitrogens with one attached hydrogen (secondary N) is 2. The lowest BCUT2D eigenvalue weighted by Crippen LogP contribution is -2.61. The van der Waals surface area contributed by atoms with Gasteiger partial charge in [-0.2, -0.15) is 0 Å². The molecule has 0 amide bonds. The normalized spacial score (nSPS) is 32.3. The summed E-state index contributed by atoms with van der Waals surface area (Å²) >= 11 is 5.62.